The Morgan fingerprint density at radius 2 is 1.00 bits per heavy atom. The highest BCUT2D eigenvalue weighted by Crippen LogP contribution is 2.34. The van der Waals surface area contributed by atoms with Crippen LogP contribution in [0.3, 0.4) is 0 Å². The normalized spacial score (nSPS) is 31.5. The van der Waals surface area contributed by atoms with Crippen LogP contribution in [0, 0.1) is 0 Å². The number of hydrogen-bond donors (Lipinski definition) is 2. The molecule has 0 radical (unpaired) electrons. The number of rotatable bonds is 11. The lowest BCUT2D eigenvalue weighted by molar-refractivity contribution is -0.347. The van der Waals surface area contributed by atoms with Gasteiger partial charge in [-0.1, -0.05) is 0 Å². The largest absolute Gasteiger partial charge is 0.463 e. The molecule has 0 unspecified atom stereocenters. The summed E-state index contributed by atoms with van der Waals surface area (Å²) < 4.78 is 49.2. The molecule has 2 aliphatic rings. The number of amides is 1. The smallest absolute Gasteiger partial charge is 0.303 e. The SMILES string of the molecule is CC(=O)N[C@H]1[C@H](OC(C)=O)[C@H](O[C@H]2O[C@@H](COC(C)=O)[C@H](OC(C)=O)[C@@H](OC(C)=O)[C@H]2OC(C)=O)[C@@H](COC(C)=O)O[C@H]1O. The van der Waals surface area contributed by atoms with Gasteiger partial charge in [0.15, 0.2) is 37.0 Å². The standard InChI is InChI=1S/C26H37NO17/c1-10(28)27-19-22(39-14(5)32)20(17(42-25(19)35)8-36-11(2)29)44-26-24(41-16(7)34)23(40-15(6)33)21(38-13(4)31)18(43-26)9-37-12(3)30/h17-26,35H,8-9H2,1-7H3,(H,27,28)/t17-,18+,19+,20-,21+,22+,23-,24-,25-,26-/m1/s1. The molecule has 0 aromatic rings. The molecular formula is C26H37NO17. The maximum absolute atomic E-state index is 12.2. The minimum atomic E-state index is -1.79. The number of nitrogens with one attached hydrogen (secondary N) is 1. The first-order valence-electron chi connectivity index (χ1n) is 13.4. The number of aliphatic hydroxyl groups is 1. The molecule has 10 atom stereocenters. The summed E-state index contributed by atoms with van der Waals surface area (Å²) in [5.74, 6) is -5.68. The highest BCUT2D eigenvalue weighted by atomic mass is 16.8. The molecule has 18 nitrogen and oxygen atoms in total. The van der Waals surface area contributed by atoms with E-state index >= 15 is 0 Å². The van der Waals surface area contributed by atoms with Crippen LogP contribution in [0.25, 0.3) is 0 Å². The van der Waals surface area contributed by atoms with E-state index in [1.807, 2.05) is 0 Å². The minimum Gasteiger partial charge on any atom is -0.463 e. The minimum absolute atomic E-state index is 0.559. The Balaban J connectivity index is 2.66. The van der Waals surface area contributed by atoms with Gasteiger partial charge in [-0.15, -0.1) is 0 Å². The molecule has 0 bridgehead atoms. The molecule has 0 spiro atoms. The van der Waals surface area contributed by atoms with Crippen LogP contribution in [0.2, 0.25) is 0 Å². The first-order chi connectivity index (χ1) is 20.5. The van der Waals surface area contributed by atoms with Gasteiger partial charge in [-0.2, -0.15) is 0 Å². The third kappa shape index (κ3) is 10.7. The summed E-state index contributed by atoms with van der Waals surface area (Å²) in [5.41, 5.74) is 0. The molecule has 2 fully saturated rings. The maximum Gasteiger partial charge on any atom is 0.303 e. The van der Waals surface area contributed by atoms with Crippen molar-refractivity contribution in [3.8, 4) is 0 Å². The lowest BCUT2D eigenvalue weighted by Gasteiger charge is -2.48. The van der Waals surface area contributed by atoms with Crippen molar-refractivity contribution in [1.82, 2.24) is 5.32 Å². The summed E-state index contributed by atoms with van der Waals surface area (Å²) in [7, 11) is 0. The van der Waals surface area contributed by atoms with Crippen molar-refractivity contribution in [2.75, 3.05) is 13.2 Å². The quantitative estimate of drug-likeness (QED) is 0.188. The predicted molar refractivity (Wildman–Crippen MR) is 138 cm³/mol. The molecule has 0 aromatic carbocycles. The second kappa shape index (κ2) is 16.3. The van der Waals surface area contributed by atoms with Crippen LogP contribution < -0.4 is 5.32 Å². The molecule has 2 N–H and O–H groups in total. The van der Waals surface area contributed by atoms with Crippen molar-refractivity contribution in [2.24, 2.45) is 0 Å². The van der Waals surface area contributed by atoms with Crippen LogP contribution in [0.15, 0.2) is 0 Å². The Morgan fingerprint density at radius 1 is 0.568 bits per heavy atom. The predicted octanol–water partition coefficient (Wildman–Crippen LogP) is -1.83. The lowest BCUT2D eigenvalue weighted by atomic mass is 9.95. The molecule has 2 aliphatic heterocycles. The van der Waals surface area contributed by atoms with E-state index in [2.05, 4.69) is 5.32 Å². The van der Waals surface area contributed by atoms with Gasteiger partial charge in [0.2, 0.25) is 5.91 Å². The van der Waals surface area contributed by atoms with E-state index in [1.54, 1.807) is 0 Å². The summed E-state index contributed by atoms with van der Waals surface area (Å²) in [4.78, 5) is 83.6. The zero-order valence-electron chi connectivity index (χ0n) is 25.2. The van der Waals surface area contributed by atoms with Crippen LogP contribution >= 0.6 is 0 Å². The van der Waals surface area contributed by atoms with E-state index in [0.29, 0.717) is 0 Å². The molecule has 248 valence electrons. The summed E-state index contributed by atoms with van der Waals surface area (Å²) >= 11 is 0. The van der Waals surface area contributed by atoms with E-state index < -0.39 is 116 Å². The summed E-state index contributed by atoms with van der Waals surface area (Å²) in [6.07, 6.45) is -14.2. The summed E-state index contributed by atoms with van der Waals surface area (Å²) in [6.45, 7) is 6.33. The monoisotopic (exact) mass is 635 g/mol. The third-order valence-corrected chi connectivity index (χ3v) is 6.03. The van der Waals surface area contributed by atoms with Gasteiger partial charge in [0, 0.05) is 48.5 Å². The van der Waals surface area contributed by atoms with Gasteiger partial charge < -0.3 is 53.1 Å². The van der Waals surface area contributed by atoms with Gasteiger partial charge in [0.05, 0.1) is 0 Å². The number of ether oxygens (including phenoxy) is 9. The van der Waals surface area contributed by atoms with Crippen molar-refractivity contribution in [1.29, 1.82) is 0 Å². The highest BCUT2D eigenvalue weighted by molar-refractivity contribution is 5.73. The molecule has 0 aromatic heterocycles. The van der Waals surface area contributed by atoms with Crippen molar-refractivity contribution in [3.63, 3.8) is 0 Å². The van der Waals surface area contributed by atoms with E-state index in [9.17, 15) is 38.7 Å². The van der Waals surface area contributed by atoms with Gasteiger partial charge >= 0.3 is 35.8 Å². The van der Waals surface area contributed by atoms with E-state index in [4.69, 9.17) is 42.6 Å². The first-order valence-corrected chi connectivity index (χ1v) is 13.4. The van der Waals surface area contributed by atoms with Crippen molar-refractivity contribution in [2.45, 2.75) is 110 Å². The van der Waals surface area contributed by atoms with Crippen LogP contribution in [0.5, 0.6) is 0 Å². The summed E-state index contributed by atoms with van der Waals surface area (Å²) in [5, 5.41) is 13.1. The first kappa shape index (κ1) is 36.3. The molecule has 1 amide bonds. The fourth-order valence-corrected chi connectivity index (χ4v) is 4.59. The van der Waals surface area contributed by atoms with E-state index in [0.717, 1.165) is 48.5 Å². The third-order valence-electron chi connectivity index (χ3n) is 6.03. The van der Waals surface area contributed by atoms with Gasteiger partial charge in [-0.25, -0.2) is 0 Å². The fourth-order valence-electron chi connectivity index (χ4n) is 4.59. The zero-order valence-corrected chi connectivity index (χ0v) is 25.2. The molecule has 44 heavy (non-hydrogen) atoms. The lowest BCUT2D eigenvalue weighted by Crippen LogP contribution is -2.68. The van der Waals surface area contributed by atoms with Gasteiger partial charge in [0.1, 0.15) is 37.6 Å². The Labute approximate surface area is 251 Å². The Bertz CT molecular complexity index is 1090. The fraction of sp³-hybridized carbons (Fsp3) is 0.731. The van der Waals surface area contributed by atoms with Crippen molar-refractivity contribution >= 4 is 41.7 Å². The molecule has 0 aliphatic carbocycles. The number of carbonyl (C=O) groups is 7. The van der Waals surface area contributed by atoms with Crippen LogP contribution in [-0.4, -0.2) is 121 Å². The number of carbonyl (C=O) groups excluding carboxylic acids is 7. The summed E-state index contributed by atoms with van der Waals surface area (Å²) in [6, 6.07) is -1.43. The maximum atomic E-state index is 12.2. The number of hydrogen-bond acceptors (Lipinski definition) is 17. The number of aliphatic hydroxyl groups excluding tert-OH is 1. The second-order valence-electron chi connectivity index (χ2n) is 9.84. The van der Waals surface area contributed by atoms with E-state index in [1.165, 1.54) is 0 Å². The number of esters is 6. The average molecular weight is 636 g/mol. The second-order valence-corrected chi connectivity index (χ2v) is 9.84. The zero-order chi connectivity index (χ0) is 33.3. The molecule has 2 rings (SSSR count). The molecule has 2 heterocycles. The van der Waals surface area contributed by atoms with Crippen molar-refractivity contribution in [3.05, 3.63) is 0 Å². The Morgan fingerprint density at radius 3 is 1.45 bits per heavy atom. The highest BCUT2D eigenvalue weighted by Gasteiger charge is 2.56. The molecular weight excluding hydrogens is 598 g/mol. The molecule has 18 heteroatoms. The molecule has 2 saturated heterocycles. The topological polar surface area (TPSA) is 235 Å². The molecule has 0 saturated carbocycles. The van der Waals surface area contributed by atoms with Gasteiger partial charge in [-0.05, 0) is 0 Å². The van der Waals surface area contributed by atoms with E-state index in [-0.39, 0.29) is 0 Å². The van der Waals surface area contributed by atoms with Gasteiger partial charge in [-0.3, -0.25) is 33.6 Å². The van der Waals surface area contributed by atoms with Crippen LogP contribution in [0.4, 0.5) is 0 Å². The van der Waals surface area contributed by atoms with Gasteiger partial charge in [0.25, 0.3) is 0 Å². The van der Waals surface area contributed by atoms with Crippen LogP contribution in [0.1, 0.15) is 48.5 Å². The Hall–Kier alpha value is -3.87. The Kier molecular flexibility index (Phi) is 13.4. The van der Waals surface area contributed by atoms with Crippen molar-refractivity contribution < 1.29 is 81.3 Å². The average Bonchev–Trinajstić information content (AvgIpc) is 2.87. The van der Waals surface area contributed by atoms with Crippen LogP contribution in [-0.2, 0) is 76.2 Å².